The fourth-order valence-electron chi connectivity index (χ4n) is 4.82. The highest BCUT2D eigenvalue weighted by atomic mass is 16.5. The Morgan fingerprint density at radius 3 is 2.72 bits per heavy atom. The van der Waals surface area contributed by atoms with Crippen molar-refractivity contribution in [3.8, 4) is 22.9 Å². The molecule has 2 heterocycles. The van der Waals surface area contributed by atoms with E-state index in [4.69, 9.17) is 19.0 Å². The molecule has 1 saturated carbocycles. The first-order chi connectivity index (χ1) is 15.6. The molecule has 166 valence electrons. The molecule has 2 aliphatic rings. The van der Waals surface area contributed by atoms with Gasteiger partial charge in [-0.15, -0.1) is 0 Å². The zero-order chi connectivity index (χ0) is 22.2. The number of rotatable bonds is 5. The second-order valence-electron chi connectivity index (χ2n) is 8.36. The molecular formula is C25H27N3O4. The SMILES string of the molecule is CCOc1cc2c(cc1OC)C(c1cccc(-c3noc(C)n3)c1)=NC1CCC(O)CC21. The summed E-state index contributed by atoms with van der Waals surface area (Å²) in [6.07, 6.45) is 2.02. The number of aliphatic hydroxyl groups is 1. The second kappa shape index (κ2) is 8.39. The third kappa shape index (κ3) is 3.66. The van der Waals surface area contributed by atoms with Crippen LogP contribution in [-0.4, -0.2) is 46.8 Å². The summed E-state index contributed by atoms with van der Waals surface area (Å²) in [5.41, 5.74) is 4.96. The first-order valence-corrected chi connectivity index (χ1v) is 11.1. The Morgan fingerprint density at radius 1 is 1.12 bits per heavy atom. The van der Waals surface area contributed by atoms with Crippen molar-refractivity contribution in [2.75, 3.05) is 13.7 Å². The summed E-state index contributed by atoms with van der Waals surface area (Å²) in [4.78, 5) is 9.55. The van der Waals surface area contributed by atoms with E-state index in [1.165, 1.54) is 0 Å². The Hall–Kier alpha value is -3.19. The number of benzene rings is 2. The lowest BCUT2D eigenvalue weighted by Gasteiger charge is -2.37. The molecule has 32 heavy (non-hydrogen) atoms. The molecule has 1 N–H and O–H groups in total. The van der Waals surface area contributed by atoms with Crippen LogP contribution in [0.5, 0.6) is 11.5 Å². The van der Waals surface area contributed by atoms with Gasteiger partial charge in [0.05, 0.1) is 31.6 Å². The predicted molar refractivity (Wildman–Crippen MR) is 121 cm³/mol. The molecule has 0 spiro atoms. The summed E-state index contributed by atoms with van der Waals surface area (Å²) in [6, 6.07) is 12.3. The van der Waals surface area contributed by atoms with Crippen molar-refractivity contribution in [1.82, 2.24) is 10.1 Å². The topological polar surface area (TPSA) is 90.0 Å². The lowest BCUT2D eigenvalue weighted by atomic mass is 9.74. The quantitative estimate of drug-likeness (QED) is 0.645. The second-order valence-corrected chi connectivity index (χ2v) is 8.36. The summed E-state index contributed by atoms with van der Waals surface area (Å²) >= 11 is 0. The molecular weight excluding hydrogens is 406 g/mol. The van der Waals surface area contributed by atoms with Gasteiger partial charge in [0, 0.05) is 29.5 Å². The molecule has 1 aliphatic heterocycles. The van der Waals surface area contributed by atoms with Gasteiger partial charge in [0.1, 0.15) is 0 Å². The molecule has 1 aliphatic carbocycles. The van der Waals surface area contributed by atoms with E-state index < -0.39 is 0 Å². The zero-order valence-electron chi connectivity index (χ0n) is 18.5. The first-order valence-electron chi connectivity index (χ1n) is 11.1. The van der Waals surface area contributed by atoms with Gasteiger partial charge < -0.3 is 19.1 Å². The van der Waals surface area contributed by atoms with Crippen LogP contribution in [0, 0.1) is 6.92 Å². The molecule has 7 heteroatoms. The number of hydrogen-bond acceptors (Lipinski definition) is 7. The molecule has 5 rings (SSSR count). The molecule has 3 unspecified atom stereocenters. The lowest BCUT2D eigenvalue weighted by Crippen LogP contribution is -2.34. The Balaban J connectivity index is 1.65. The van der Waals surface area contributed by atoms with Crippen molar-refractivity contribution >= 4 is 5.71 Å². The molecule has 3 aromatic rings. The predicted octanol–water partition coefficient (Wildman–Crippen LogP) is 4.30. The fraction of sp³-hybridized carbons (Fsp3) is 0.400. The van der Waals surface area contributed by atoms with E-state index in [0.717, 1.165) is 46.6 Å². The highest BCUT2D eigenvalue weighted by Crippen LogP contribution is 2.45. The maximum Gasteiger partial charge on any atom is 0.223 e. The Kier molecular flexibility index (Phi) is 5.43. The van der Waals surface area contributed by atoms with Crippen LogP contribution in [0.3, 0.4) is 0 Å². The average Bonchev–Trinajstić information content (AvgIpc) is 3.25. The van der Waals surface area contributed by atoms with Gasteiger partial charge in [0.15, 0.2) is 11.5 Å². The smallest absolute Gasteiger partial charge is 0.223 e. The van der Waals surface area contributed by atoms with E-state index in [-0.39, 0.29) is 18.1 Å². The van der Waals surface area contributed by atoms with Crippen LogP contribution in [0.1, 0.15) is 54.7 Å². The summed E-state index contributed by atoms with van der Waals surface area (Å²) in [6.45, 7) is 4.30. The summed E-state index contributed by atoms with van der Waals surface area (Å²) < 4.78 is 16.7. The molecule has 0 amide bonds. The van der Waals surface area contributed by atoms with E-state index in [1.807, 2.05) is 31.2 Å². The Bertz CT molecular complexity index is 1170. The van der Waals surface area contributed by atoms with Crippen LogP contribution in [0.15, 0.2) is 45.9 Å². The van der Waals surface area contributed by atoms with Crippen LogP contribution < -0.4 is 9.47 Å². The average molecular weight is 434 g/mol. The molecule has 2 aromatic carbocycles. The van der Waals surface area contributed by atoms with Gasteiger partial charge in [0.25, 0.3) is 0 Å². The summed E-state index contributed by atoms with van der Waals surface area (Å²) in [5, 5.41) is 14.4. The number of fused-ring (bicyclic) bond motifs is 3. The minimum atomic E-state index is -0.302. The van der Waals surface area contributed by atoms with Gasteiger partial charge in [-0.05, 0) is 49.9 Å². The molecule has 3 atom stereocenters. The third-order valence-electron chi connectivity index (χ3n) is 6.29. The van der Waals surface area contributed by atoms with Crippen molar-refractivity contribution in [2.24, 2.45) is 4.99 Å². The van der Waals surface area contributed by atoms with E-state index in [1.54, 1.807) is 14.0 Å². The molecule has 0 bridgehead atoms. The van der Waals surface area contributed by atoms with Crippen molar-refractivity contribution in [3.05, 3.63) is 59.0 Å². The lowest BCUT2D eigenvalue weighted by molar-refractivity contribution is 0.111. The zero-order valence-corrected chi connectivity index (χ0v) is 18.5. The Labute approximate surface area is 187 Å². The van der Waals surface area contributed by atoms with Crippen molar-refractivity contribution in [1.29, 1.82) is 0 Å². The van der Waals surface area contributed by atoms with E-state index in [0.29, 0.717) is 30.5 Å². The maximum atomic E-state index is 10.4. The summed E-state index contributed by atoms with van der Waals surface area (Å²) in [7, 11) is 1.65. The number of aromatic nitrogens is 2. The number of ether oxygens (including phenoxy) is 2. The van der Waals surface area contributed by atoms with Gasteiger partial charge in [-0.3, -0.25) is 4.99 Å². The summed E-state index contributed by atoms with van der Waals surface area (Å²) in [5.74, 6) is 2.65. The van der Waals surface area contributed by atoms with Gasteiger partial charge >= 0.3 is 0 Å². The van der Waals surface area contributed by atoms with E-state index in [9.17, 15) is 5.11 Å². The van der Waals surface area contributed by atoms with Gasteiger partial charge in [-0.1, -0.05) is 23.4 Å². The molecule has 1 aromatic heterocycles. The number of aliphatic hydroxyl groups excluding tert-OH is 1. The van der Waals surface area contributed by atoms with Crippen LogP contribution >= 0.6 is 0 Å². The number of aryl methyl sites for hydroxylation is 1. The maximum absolute atomic E-state index is 10.4. The van der Waals surface area contributed by atoms with Crippen LogP contribution in [0.4, 0.5) is 0 Å². The highest BCUT2D eigenvalue weighted by molar-refractivity contribution is 6.15. The van der Waals surface area contributed by atoms with Crippen molar-refractivity contribution in [2.45, 2.75) is 51.2 Å². The third-order valence-corrected chi connectivity index (χ3v) is 6.29. The Morgan fingerprint density at radius 2 is 1.97 bits per heavy atom. The standard InChI is InChI=1S/C25H27N3O4/c1-4-31-23-12-18-19-11-17(29)8-9-21(19)27-24(20(18)13-22(23)30-3)15-6-5-7-16(10-15)25-26-14(2)32-28-25/h5-7,10,12-13,17,19,21,29H,4,8-9,11H2,1-3H3. The van der Waals surface area contributed by atoms with Gasteiger partial charge in [-0.2, -0.15) is 4.98 Å². The van der Waals surface area contributed by atoms with E-state index in [2.05, 4.69) is 22.3 Å². The normalized spacial score (nSPS) is 22.0. The molecule has 0 saturated heterocycles. The van der Waals surface area contributed by atoms with Crippen molar-refractivity contribution < 1.29 is 19.1 Å². The highest BCUT2D eigenvalue weighted by Gasteiger charge is 2.37. The number of aliphatic imine (C=N–C) groups is 1. The number of hydrogen-bond donors (Lipinski definition) is 1. The number of nitrogens with zero attached hydrogens (tertiary/aromatic N) is 3. The van der Waals surface area contributed by atoms with Crippen LogP contribution in [0.25, 0.3) is 11.4 Å². The molecule has 1 fully saturated rings. The van der Waals surface area contributed by atoms with Gasteiger partial charge in [0.2, 0.25) is 11.7 Å². The van der Waals surface area contributed by atoms with Crippen LogP contribution in [-0.2, 0) is 0 Å². The molecule has 7 nitrogen and oxygen atoms in total. The minimum absolute atomic E-state index is 0.125. The minimum Gasteiger partial charge on any atom is -0.493 e. The monoisotopic (exact) mass is 433 g/mol. The largest absolute Gasteiger partial charge is 0.493 e. The number of methoxy groups -OCH3 is 1. The van der Waals surface area contributed by atoms with Crippen molar-refractivity contribution in [3.63, 3.8) is 0 Å². The van der Waals surface area contributed by atoms with Gasteiger partial charge in [-0.25, -0.2) is 0 Å². The first kappa shape index (κ1) is 20.7. The van der Waals surface area contributed by atoms with Crippen LogP contribution in [0.2, 0.25) is 0 Å². The fourth-order valence-corrected chi connectivity index (χ4v) is 4.82. The molecule has 0 radical (unpaired) electrons. The van der Waals surface area contributed by atoms with E-state index >= 15 is 0 Å².